The highest BCUT2D eigenvalue weighted by Crippen LogP contribution is 2.43. The monoisotopic (exact) mass is 247 g/mol. The number of ether oxygens (including phenoxy) is 2. The standard InChI is InChI=1S/C15H21NO2/c1-15(2)14(16-11-7-9-17-10-8-11)12-5-3-4-6-13(12)18-15/h3-6,11,14,16H,7-10H2,1-2H3. The van der Waals surface area contributed by atoms with Crippen molar-refractivity contribution in [2.45, 2.75) is 44.4 Å². The Morgan fingerprint density at radius 1 is 1.17 bits per heavy atom. The summed E-state index contributed by atoms with van der Waals surface area (Å²) in [6, 6.07) is 9.16. The summed E-state index contributed by atoms with van der Waals surface area (Å²) >= 11 is 0. The van der Waals surface area contributed by atoms with Crippen LogP contribution in [0.4, 0.5) is 0 Å². The summed E-state index contributed by atoms with van der Waals surface area (Å²) in [5, 5.41) is 3.76. The molecular formula is C15H21NO2. The molecule has 3 nitrogen and oxygen atoms in total. The summed E-state index contributed by atoms with van der Waals surface area (Å²) < 4.78 is 11.5. The molecule has 1 saturated heterocycles. The molecule has 0 bridgehead atoms. The molecule has 3 rings (SSSR count). The summed E-state index contributed by atoms with van der Waals surface area (Å²) in [5.74, 6) is 1.02. The van der Waals surface area contributed by atoms with Gasteiger partial charge in [0.2, 0.25) is 0 Å². The van der Waals surface area contributed by atoms with Crippen LogP contribution in [0.5, 0.6) is 5.75 Å². The second kappa shape index (κ2) is 4.56. The van der Waals surface area contributed by atoms with E-state index in [1.54, 1.807) is 0 Å². The van der Waals surface area contributed by atoms with Gasteiger partial charge in [-0.05, 0) is 32.8 Å². The molecule has 1 N–H and O–H groups in total. The van der Waals surface area contributed by atoms with Crippen LogP contribution in [0.2, 0.25) is 0 Å². The fourth-order valence-corrected chi connectivity index (χ4v) is 2.92. The number of rotatable bonds is 2. The third-order valence-electron chi connectivity index (χ3n) is 3.92. The van der Waals surface area contributed by atoms with E-state index in [9.17, 15) is 0 Å². The van der Waals surface area contributed by atoms with E-state index in [-0.39, 0.29) is 11.6 Å². The predicted octanol–water partition coefficient (Wildman–Crippen LogP) is 2.67. The van der Waals surface area contributed by atoms with Gasteiger partial charge in [0.25, 0.3) is 0 Å². The van der Waals surface area contributed by atoms with Crippen LogP contribution in [-0.2, 0) is 4.74 Å². The summed E-state index contributed by atoms with van der Waals surface area (Å²) in [4.78, 5) is 0. The molecule has 1 atom stereocenters. The van der Waals surface area contributed by atoms with Gasteiger partial charge in [-0.15, -0.1) is 0 Å². The molecule has 2 heterocycles. The second-order valence-electron chi connectivity index (χ2n) is 5.73. The summed E-state index contributed by atoms with van der Waals surface area (Å²) in [6.45, 7) is 6.05. The molecule has 0 radical (unpaired) electrons. The van der Waals surface area contributed by atoms with Crippen LogP contribution >= 0.6 is 0 Å². The van der Waals surface area contributed by atoms with Crippen molar-refractivity contribution in [2.75, 3.05) is 13.2 Å². The predicted molar refractivity (Wildman–Crippen MR) is 70.9 cm³/mol. The molecule has 1 fully saturated rings. The third kappa shape index (κ3) is 2.13. The maximum Gasteiger partial charge on any atom is 0.125 e. The topological polar surface area (TPSA) is 30.5 Å². The van der Waals surface area contributed by atoms with Gasteiger partial charge < -0.3 is 14.8 Å². The first-order valence-electron chi connectivity index (χ1n) is 6.78. The van der Waals surface area contributed by atoms with Crippen molar-refractivity contribution in [3.05, 3.63) is 29.8 Å². The Balaban J connectivity index is 1.81. The van der Waals surface area contributed by atoms with Gasteiger partial charge >= 0.3 is 0 Å². The highest BCUT2D eigenvalue weighted by atomic mass is 16.5. The molecule has 3 heteroatoms. The Labute approximate surface area is 108 Å². The average molecular weight is 247 g/mol. The van der Waals surface area contributed by atoms with Crippen molar-refractivity contribution < 1.29 is 9.47 Å². The molecule has 1 aromatic carbocycles. The lowest BCUT2D eigenvalue weighted by Gasteiger charge is -2.32. The van der Waals surface area contributed by atoms with E-state index in [4.69, 9.17) is 9.47 Å². The number of para-hydroxylation sites is 1. The van der Waals surface area contributed by atoms with Gasteiger partial charge in [-0.25, -0.2) is 0 Å². The first-order chi connectivity index (χ1) is 8.67. The Morgan fingerprint density at radius 2 is 1.89 bits per heavy atom. The van der Waals surface area contributed by atoms with Crippen LogP contribution in [0.1, 0.15) is 38.3 Å². The van der Waals surface area contributed by atoms with Crippen LogP contribution < -0.4 is 10.1 Å². The van der Waals surface area contributed by atoms with Gasteiger partial charge in [0, 0.05) is 24.8 Å². The van der Waals surface area contributed by atoms with E-state index in [1.165, 1.54) is 5.56 Å². The van der Waals surface area contributed by atoms with Gasteiger partial charge in [-0.1, -0.05) is 18.2 Å². The van der Waals surface area contributed by atoms with Gasteiger partial charge in [0.1, 0.15) is 11.4 Å². The Hall–Kier alpha value is -1.06. The van der Waals surface area contributed by atoms with Crippen molar-refractivity contribution in [1.82, 2.24) is 5.32 Å². The first-order valence-corrected chi connectivity index (χ1v) is 6.78. The molecule has 0 aromatic heterocycles. The maximum absolute atomic E-state index is 6.05. The van der Waals surface area contributed by atoms with E-state index in [0.717, 1.165) is 31.8 Å². The minimum Gasteiger partial charge on any atom is -0.486 e. The SMILES string of the molecule is CC1(C)Oc2ccccc2C1NC1CCOCC1. The Bertz CT molecular complexity index is 424. The van der Waals surface area contributed by atoms with Crippen molar-refractivity contribution in [3.8, 4) is 5.75 Å². The molecule has 0 amide bonds. The highest BCUT2D eigenvalue weighted by molar-refractivity contribution is 5.42. The minimum atomic E-state index is -0.179. The summed E-state index contributed by atoms with van der Waals surface area (Å²) in [5.41, 5.74) is 1.11. The molecule has 1 unspecified atom stereocenters. The van der Waals surface area contributed by atoms with Crippen LogP contribution in [0, 0.1) is 0 Å². The smallest absolute Gasteiger partial charge is 0.125 e. The Kier molecular flexibility index (Phi) is 3.04. The van der Waals surface area contributed by atoms with Crippen LogP contribution in [0.25, 0.3) is 0 Å². The molecule has 0 saturated carbocycles. The summed E-state index contributed by atoms with van der Waals surface area (Å²) in [6.07, 6.45) is 2.18. The lowest BCUT2D eigenvalue weighted by atomic mass is 9.92. The molecular weight excluding hydrogens is 226 g/mol. The number of hydrogen-bond donors (Lipinski definition) is 1. The average Bonchev–Trinajstić information content (AvgIpc) is 2.62. The summed E-state index contributed by atoms with van der Waals surface area (Å²) in [7, 11) is 0. The number of fused-ring (bicyclic) bond motifs is 1. The van der Waals surface area contributed by atoms with Crippen molar-refractivity contribution in [3.63, 3.8) is 0 Å². The molecule has 0 aliphatic carbocycles. The molecule has 18 heavy (non-hydrogen) atoms. The first kappa shape index (κ1) is 12.0. The van der Waals surface area contributed by atoms with Gasteiger partial charge in [-0.3, -0.25) is 0 Å². The number of benzene rings is 1. The zero-order valence-corrected chi connectivity index (χ0v) is 11.1. The Morgan fingerprint density at radius 3 is 2.67 bits per heavy atom. The zero-order chi connectivity index (χ0) is 12.6. The van der Waals surface area contributed by atoms with Gasteiger partial charge in [-0.2, -0.15) is 0 Å². The maximum atomic E-state index is 6.05. The normalized spacial score (nSPS) is 26.7. The van der Waals surface area contributed by atoms with Gasteiger partial charge in [0.15, 0.2) is 0 Å². The van der Waals surface area contributed by atoms with Crippen LogP contribution in [0.15, 0.2) is 24.3 Å². The fourth-order valence-electron chi connectivity index (χ4n) is 2.92. The minimum absolute atomic E-state index is 0.179. The second-order valence-corrected chi connectivity index (χ2v) is 5.73. The number of nitrogens with one attached hydrogen (secondary N) is 1. The van der Waals surface area contributed by atoms with E-state index < -0.39 is 0 Å². The lowest BCUT2D eigenvalue weighted by Crippen LogP contribution is -2.45. The molecule has 1 aromatic rings. The number of hydrogen-bond acceptors (Lipinski definition) is 3. The van der Waals surface area contributed by atoms with E-state index in [1.807, 2.05) is 6.07 Å². The van der Waals surface area contributed by atoms with Crippen molar-refractivity contribution in [2.24, 2.45) is 0 Å². The molecule has 0 spiro atoms. The molecule has 2 aliphatic heterocycles. The van der Waals surface area contributed by atoms with E-state index in [0.29, 0.717) is 6.04 Å². The van der Waals surface area contributed by atoms with E-state index >= 15 is 0 Å². The van der Waals surface area contributed by atoms with E-state index in [2.05, 4.69) is 37.4 Å². The lowest BCUT2D eigenvalue weighted by molar-refractivity contribution is 0.0525. The molecule has 2 aliphatic rings. The van der Waals surface area contributed by atoms with Crippen molar-refractivity contribution >= 4 is 0 Å². The third-order valence-corrected chi connectivity index (χ3v) is 3.92. The quantitative estimate of drug-likeness (QED) is 0.871. The van der Waals surface area contributed by atoms with Crippen LogP contribution in [-0.4, -0.2) is 24.9 Å². The van der Waals surface area contributed by atoms with Gasteiger partial charge in [0.05, 0.1) is 6.04 Å². The largest absolute Gasteiger partial charge is 0.486 e. The fraction of sp³-hybridized carbons (Fsp3) is 0.600. The van der Waals surface area contributed by atoms with Crippen molar-refractivity contribution in [1.29, 1.82) is 0 Å². The zero-order valence-electron chi connectivity index (χ0n) is 11.1. The van der Waals surface area contributed by atoms with Crippen LogP contribution in [0.3, 0.4) is 0 Å². The highest BCUT2D eigenvalue weighted by Gasteiger charge is 2.41. The molecule has 98 valence electrons.